The lowest BCUT2D eigenvalue weighted by atomic mass is 10.1. The van der Waals surface area contributed by atoms with Crippen molar-refractivity contribution in [3.05, 3.63) is 52.1 Å². The second kappa shape index (κ2) is 5.57. The van der Waals surface area contributed by atoms with Crippen molar-refractivity contribution < 1.29 is 4.74 Å². The zero-order valence-corrected chi connectivity index (χ0v) is 11.2. The highest BCUT2D eigenvalue weighted by atomic mass is 35.5. The summed E-state index contributed by atoms with van der Waals surface area (Å²) in [4.78, 5) is 4.11. The first kappa shape index (κ1) is 13.1. The fraction of sp³-hybridized carbons (Fsp3) is 0.154. The molecule has 2 rings (SSSR count). The largest absolute Gasteiger partial charge is 0.437 e. The molecule has 3 nitrogen and oxygen atoms in total. The van der Waals surface area contributed by atoms with Gasteiger partial charge >= 0.3 is 0 Å². The zero-order chi connectivity index (χ0) is 13.1. The van der Waals surface area contributed by atoms with E-state index in [4.69, 9.17) is 33.7 Å². The summed E-state index contributed by atoms with van der Waals surface area (Å²) < 4.78 is 5.60. The number of rotatable bonds is 3. The Labute approximate surface area is 115 Å². The van der Waals surface area contributed by atoms with Gasteiger partial charge in [-0.3, -0.25) is 0 Å². The predicted molar refractivity (Wildman–Crippen MR) is 73.4 cm³/mol. The highest BCUT2D eigenvalue weighted by Gasteiger charge is 2.07. The molecule has 2 N–H and O–H groups in total. The molecule has 18 heavy (non-hydrogen) atoms. The minimum atomic E-state index is -0.0731. The van der Waals surface area contributed by atoms with Crippen LogP contribution in [0.1, 0.15) is 18.5 Å². The van der Waals surface area contributed by atoms with Gasteiger partial charge in [-0.2, -0.15) is 0 Å². The molecule has 0 saturated heterocycles. The molecule has 0 unspecified atom stereocenters. The molecule has 0 bridgehead atoms. The molecule has 0 fully saturated rings. The van der Waals surface area contributed by atoms with Crippen molar-refractivity contribution >= 4 is 23.2 Å². The van der Waals surface area contributed by atoms with E-state index in [1.54, 1.807) is 30.5 Å². The number of benzene rings is 1. The molecule has 1 aromatic heterocycles. The molecule has 0 spiro atoms. The third-order valence-electron chi connectivity index (χ3n) is 2.39. The Morgan fingerprint density at radius 1 is 1.22 bits per heavy atom. The molecule has 1 atom stereocenters. The van der Waals surface area contributed by atoms with Crippen LogP contribution in [-0.4, -0.2) is 4.98 Å². The van der Waals surface area contributed by atoms with Crippen LogP contribution in [0.4, 0.5) is 0 Å². The van der Waals surface area contributed by atoms with Crippen LogP contribution in [0.5, 0.6) is 11.6 Å². The maximum atomic E-state index is 6.02. The molecular weight excluding hydrogens is 271 g/mol. The number of hydrogen-bond acceptors (Lipinski definition) is 3. The summed E-state index contributed by atoms with van der Waals surface area (Å²) in [5.74, 6) is 0.962. The van der Waals surface area contributed by atoms with E-state index >= 15 is 0 Å². The SMILES string of the molecule is C[C@H](N)c1ccnc(Oc2ccc(Cl)cc2Cl)c1. The van der Waals surface area contributed by atoms with Crippen molar-refractivity contribution in [2.75, 3.05) is 0 Å². The number of pyridine rings is 1. The van der Waals surface area contributed by atoms with Gasteiger partial charge < -0.3 is 10.5 Å². The molecule has 0 aliphatic heterocycles. The normalized spacial score (nSPS) is 12.2. The van der Waals surface area contributed by atoms with E-state index in [0.29, 0.717) is 21.7 Å². The molecule has 5 heteroatoms. The zero-order valence-electron chi connectivity index (χ0n) is 9.73. The Hall–Kier alpha value is -1.29. The smallest absolute Gasteiger partial charge is 0.219 e. The van der Waals surface area contributed by atoms with Crippen LogP contribution in [0.3, 0.4) is 0 Å². The number of nitrogens with two attached hydrogens (primary N) is 1. The molecule has 2 aromatic rings. The van der Waals surface area contributed by atoms with Gasteiger partial charge in [0.05, 0.1) is 5.02 Å². The van der Waals surface area contributed by atoms with Crippen LogP contribution in [0.15, 0.2) is 36.5 Å². The van der Waals surface area contributed by atoms with Crippen molar-refractivity contribution in [1.29, 1.82) is 0 Å². The van der Waals surface area contributed by atoms with Gasteiger partial charge in [0.25, 0.3) is 0 Å². The first-order valence-electron chi connectivity index (χ1n) is 5.40. The highest BCUT2D eigenvalue weighted by Crippen LogP contribution is 2.31. The van der Waals surface area contributed by atoms with E-state index in [2.05, 4.69) is 4.98 Å². The molecule has 94 valence electrons. The van der Waals surface area contributed by atoms with Crippen molar-refractivity contribution in [3.8, 4) is 11.6 Å². The van der Waals surface area contributed by atoms with Crippen LogP contribution in [-0.2, 0) is 0 Å². The lowest BCUT2D eigenvalue weighted by molar-refractivity contribution is 0.462. The molecule has 0 radical (unpaired) electrons. The van der Waals surface area contributed by atoms with Gasteiger partial charge in [0.15, 0.2) is 0 Å². The van der Waals surface area contributed by atoms with E-state index in [0.717, 1.165) is 5.56 Å². The third-order valence-corrected chi connectivity index (χ3v) is 2.92. The van der Waals surface area contributed by atoms with Crippen molar-refractivity contribution in [2.45, 2.75) is 13.0 Å². The lowest BCUT2D eigenvalue weighted by Crippen LogP contribution is -2.05. The number of nitrogens with zero attached hydrogens (tertiary/aromatic N) is 1. The number of ether oxygens (including phenoxy) is 1. The minimum absolute atomic E-state index is 0.0731. The molecule has 0 saturated carbocycles. The van der Waals surface area contributed by atoms with Gasteiger partial charge in [-0.15, -0.1) is 0 Å². The summed E-state index contributed by atoms with van der Waals surface area (Å²) in [7, 11) is 0. The second-order valence-corrected chi connectivity index (χ2v) is 4.74. The van der Waals surface area contributed by atoms with Crippen LogP contribution in [0, 0.1) is 0 Å². The van der Waals surface area contributed by atoms with Crippen LogP contribution in [0.25, 0.3) is 0 Å². The third kappa shape index (κ3) is 3.13. The number of halogens is 2. The summed E-state index contributed by atoms with van der Waals surface area (Å²) in [5.41, 5.74) is 6.75. The molecule has 1 heterocycles. The summed E-state index contributed by atoms with van der Waals surface area (Å²) in [5, 5.41) is 1.00. The summed E-state index contributed by atoms with van der Waals surface area (Å²) in [6, 6.07) is 8.59. The molecule has 0 aliphatic carbocycles. The molecular formula is C13H12Cl2N2O. The van der Waals surface area contributed by atoms with Crippen LogP contribution in [0.2, 0.25) is 10.0 Å². The van der Waals surface area contributed by atoms with Crippen molar-refractivity contribution in [2.24, 2.45) is 5.73 Å². The number of hydrogen-bond donors (Lipinski definition) is 1. The maximum absolute atomic E-state index is 6.02. The Balaban J connectivity index is 2.25. The van der Waals surface area contributed by atoms with Gasteiger partial charge in [-0.25, -0.2) is 4.98 Å². The molecule has 0 aliphatic rings. The van der Waals surface area contributed by atoms with E-state index < -0.39 is 0 Å². The fourth-order valence-corrected chi connectivity index (χ4v) is 1.88. The predicted octanol–water partition coefficient (Wildman–Crippen LogP) is 4.20. The van der Waals surface area contributed by atoms with Crippen LogP contribution >= 0.6 is 23.2 Å². The monoisotopic (exact) mass is 282 g/mol. The van der Waals surface area contributed by atoms with Gasteiger partial charge in [0.1, 0.15) is 5.75 Å². The standard InChI is InChI=1S/C13H12Cl2N2O/c1-8(16)9-4-5-17-13(6-9)18-12-3-2-10(14)7-11(12)15/h2-8H,16H2,1H3/t8-/m0/s1. The van der Waals surface area contributed by atoms with Gasteiger partial charge in [0.2, 0.25) is 5.88 Å². The van der Waals surface area contributed by atoms with E-state index in [9.17, 15) is 0 Å². The van der Waals surface area contributed by atoms with Gasteiger partial charge in [-0.05, 0) is 36.8 Å². The Morgan fingerprint density at radius 2 is 2.00 bits per heavy atom. The van der Waals surface area contributed by atoms with Crippen molar-refractivity contribution in [3.63, 3.8) is 0 Å². The highest BCUT2D eigenvalue weighted by molar-refractivity contribution is 6.35. The average molecular weight is 283 g/mol. The number of aromatic nitrogens is 1. The van der Waals surface area contributed by atoms with Gasteiger partial charge in [-0.1, -0.05) is 23.2 Å². The van der Waals surface area contributed by atoms with Crippen molar-refractivity contribution in [1.82, 2.24) is 4.98 Å². The lowest BCUT2D eigenvalue weighted by Gasteiger charge is -2.09. The first-order valence-corrected chi connectivity index (χ1v) is 6.16. The Morgan fingerprint density at radius 3 is 2.67 bits per heavy atom. The molecule has 1 aromatic carbocycles. The summed E-state index contributed by atoms with van der Waals surface area (Å²) >= 11 is 11.8. The molecule has 0 amide bonds. The second-order valence-electron chi connectivity index (χ2n) is 3.89. The Kier molecular flexibility index (Phi) is 4.07. The quantitative estimate of drug-likeness (QED) is 0.918. The van der Waals surface area contributed by atoms with Crippen LogP contribution < -0.4 is 10.5 Å². The van der Waals surface area contributed by atoms with E-state index in [-0.39, 0.29) is 6.04 Å². The fourth-order valence-electron chi connectivity index (χ4n) is 1.43. The maximum Gasteiger partial charge on any atom is 0.219 e. The summed E-state index contributed by atoms with van der Waals surface area (Å²) in [6.45, 7) is 1.90. The average Bonchev–Trinajstić information content (AvgIpc) is 2.33. The first-order chi connectivity index (χ1) is 8.56. The Bertz CT molecular complexity index is 558. The topological polar surface area (TPSA) is 48.1 Å². The minimum Gasteiger partial charge on any atom is -0.437 e. The summed E-state index contributed by atoms with van der Waals surface area (Å²) in [6.07, 6.45) is 1.65. The van der Waals surface area contributed by atoms with Gasteiger partial charge in [0, 0.05) is 23.3 Å². The van der Waals surface area contributed by atoms with E-state index in [1.807, 2.05) is 13.0 Å². The van der Waals surface area contributed by atoms with E-state index in [1.165, 1.54) is 0 Å².